The fourth-order valence-electron chi connectivity index (χ4n) is 10.8. The maximum atomic E-state index is 6.58. The van der Waals surface area contributed by atoms with Crippen molar-refractivity contribution in [2.24, 2.45) is 0 Å². The third-order valence-corrected chi connectivity index (χ3v) is 14.0. The molecule has 14 rings (SSSR count). The molecule has 7 heteroatoms. The highest BCUT2D eigenvalue weighted by molar-refractivity contribution is 6.23. The van der Waals surface area contributed by atoms with E-state index in [4.69, 9.17) is 24.4 Å². The fraction of sp³-hybridized carbons (Fsp3) is 0.0492. The molecule has 0 saturated heterocycles. The Hall–Kier alpha value is -8.94. The van der Waals surface area contributed by atoms with Crippen molar-refractivity contribution < 1.29 is 4.42 Å². The van der Waals surface area contributed by atoms with Gasteiger partial charge in [-0.3, -0.25) is 4.57 Å². The van der Waals surface area contributed by atoms with E-state index < -0.39 is 0 Å². The average Bonchev–Trinajstić information content (AvgIpc) is 4.14. The smallest absolute Gasteiger partial charge is 0.238 e. The molecule has 7 nitrogen and oxygen atoms in total. The summed E-state index contributed by atoms with van der Waals surface area (Å²) in [7, 11) is 0. The summed E-state index contributed by atoms with van der Waals surface area (Å²) in [6.45, 7) is 4.73. The molecule has 0 unspecified atom stereocenters. The number of aromatic nitrogens is 6. The lowest BCUT2D eigenvalue weighted by molar-refractivity contribution is 0.620. The lowest BCUT2D eigenvalue weighted by atomic mass is 9.81. The molecule has 4 heterocycles. The zero-order chi connectivity index (χ0) is 45.1. The second kappa shape index (κ2) is 14.5. The van der Waals surface area contributed by atoms with Gasteiger partial charge in [0.05, 0.1) is 27.6 Å². The summed E-state index contributed by atoms with van der Waals surface area (Å²) in [6.07, 6.45) is 0. The van der Waals surface area contributed by atoms with Gasteiger partial charge in [-0.2, -0.15) is 9.97 Å². The Kier molecular flexibility index (Phi) is 8.19. The summed E-state index contributed by atoms with van der Waals surface area (Å²) in [5, 5.41) is 4.52. The van der Waals surface area contributed by atoms with E-state index in [2.05, 4.69) is 150 Å². The minimum absolute atomic E-state index is 0.238. The number of fused-ring (bicyclic) bond motifs is 11. The van der Waals surface area contributed by atoms with Gasteiger partial charge in [-0.1, -0.05) is 166 Å². The lowest BCUT2D eigenvalue weighted by Crippen LogP contribution is -2.15. The van der Waals surface area contributed by atoms with E-state index in [9.17, 15) is 0 Å². The highest BCUT2D eigenvalue weighted by atomic mass is 16.3. The topological polar surface area (TPSA) is 74.6 Å². The first-order chi connectivity index (χ1) is 33.5. The Morgan fingerprint density at radius 1 is 0.397 bits per heavy atom. The first-order valence-corrected chi connectivity index (χ1v) is 23.1. The summed E-state index contributed by atoms with van der Waals surface area (Å²) < 4.78 is 11.3. The molecule has 0 amide bonds. The van der Waals surface area contributed by atoms with Crippen molar-refractivity contribution in [3.05, 3.63) is 217 Å². The van der Waals surface area contributed by atoms with E-state index >= 15 is 0 Å². The van der Waals surface area contributed by atoms with Gasteiger partial charge in [-0.25, -0.2) is 9.97 Å². The van der Waals surface area contributed by atoms with Crippen LogP contribution in [0.3, 0.4) is 0 Å². The van der Waals surface area contributed by atoms with Crippen LogP contribution in [0.2, 0.25) is 0 Å². The zero-order valence-corrected chi connectivity index (χ0v) is 37.2. The lowest BCUT2D eigenvalue weighted by Gasteiger charge is -2.23. The van der Waals surface area contributed by atoms with Gasteiger partial charge >= 0.3 is 0 Å². The maximum absolute atomic E-state index is 6.58. The third kappa shape index (κ3) is 5.66. The van der Waals surface area contributed by atoms with Gasteiger partial charge in [0.1, 0.15) is 5.52 Å². The Labute approximate surface area is 391 Å². The highest BCUT2D eigenvalue weighted by Crippen LogP contribution is 2.51. The normalized spacial score (nSPS) is 13.0. The van der Waals surface area contributed by atoms with Crippen molar-refractivity contribution in [1.29, 1.82) is 0 Å². The van der Waals surface area contributed by atoms with E-state index in [-0.39, 0.29) is 5.41 Å². The van der Waals surface area contributed by atoms with Crippen LogP contribution in [0.1, 0.15) is 25.0 Å². The first-order valence-electron chi connectivity index (χ1n) is 23.1. The van der Waals surface area contributed by atoms with Gasteiger partial charge in [0, 0.05) is 43.8 Å². The van der Waals surface area contributed by atoms with E-state index in [1.54, 1.807) is 0 Å². The molecule has 0 aliphatic heterocycles. The molecule has 0 spiro atoms. The summed E-state index contributed by atoms with van der Waals surface area (Å²) in [5.41, 5.74) is 16.6. The number of hydrogen-bond donors (Lipinski definition) is 0. The van der Waals surface area contributed by atoms with Gasteiger partial charge < -0.3 is 8.98 Å². The van der Waals surface area contributed by atoms with E-state index in [0.29, 0.717) is 29.1 Å². The minimum atomic E-state index is -0.238. The van der Waals surface area contributed by atoms with Gasteiger partial charge in [0.15, 0.2) is 17.2 Å². The van der Waals surface area contributed by atoms with Gasteiger partial charge in [0.25, 0.3) is 0 Å². The quantitative estimate of drug-likeness (QED) is 0.166. The fourth-order valence-corrected chi connectivity index (χ4v) is 10.8. The largest absolute Gasteiger partial charge is 0.435 e. The van der Waals surface area contributed by atoms with Crippen LogP contribution in [0.4, 0.5) is 0 Å². The molecule has 0 radical (unpaired) electrons. The molecule has 9 aromatic carbocycles. The molecule has 0 bridgehead atoms. The second-order valence-electron chi connectivity index (χ2n) is 18.2. The van der Waals surface area contributed by atoms with Crippen LogP contribution in [-0.2, 0) is 5.41 Å². The van der Waals surface area contributed by atoms with Crippen molar-refractivity contribution in [2.45, 2.75) is 19.3 Å². The van der Waals surface area contributed by atoms with Crippen molar-refractivity contribution in [1.82, 2.24) is 29.1 Å². The number of oxazole rings is 1. The summed E-state index contributed by atoms with van der Waals surface area (Å²) in [5.74, 6) is 2.09. The monoisotopic (exact) mass is 872 g/mol. The number of rotatable bonds is 6. The van der Waals surface area contributed by atoms with Crippen LogP contribution in [-0.4, -0.2) is 29.1 Å². The molecule has 13 aromatic rings. The van der Waals surface area contributed by atoms with Crippen LogP contribution in [0.5, 0.6) is 0 Å². The SMILES string of the molecule is CC1(C)c2cc(-c3ccccc3)ccc2-c2ccc(-n3c4ccccc4c4ccc5c6ccccc6n(-c6nc(-c7ccccc7)nc(-c7cccc8nc(-c9ccccc9)oc78)n6)c5c43)cc21. The van der Waals surface area contributed by atoms with Gasteiger partial charge in [0.2, 0.25) is 11.8 Å². The van der Waals surface area contributed by atoms with Crippen molar-refractivity contribution in [3.63, 3.8) is 0 Å². The molecule has 320 valence electrons. The van der Waals surface area contributed by atoms with Gasteiger partial charge in [-0.05, 0) is 88.0 Å². The predicted octanol–water partition coefficient (Wildman–Crippen LogP) is 15.2. The Bertz CT molecular complexity index is 4170. The van der Waals surface area contributed by atoms with Crippen molar-refractivity contribution in [3.8, 4) is 68.1 Å². The van der Waals surface area contributed by atoms with E-state index in [0.717, 1.165) is 66.1 Å². The summed E-state index contributed by atoms with van der Waals surface area (Å²) in [4.78, 5) is 20.9. The average molecular weight is 873 g/mol. The number of benzene rings is 9. The first kappa shape index (κ1) is 38.3. The van der Waals surface area contributed by atoms with Crippen molar-refractivity contribution in [2.75, 3.05) is 0 Å². The molecule has 4 aromatic heterocycles. The molecule has 68 heavy (non-hydrogen) atoms. The summed E-state index contributed by atoms with van der Waals surface area (Å²) >= 11 is 0. The number of para-hydroxylation sites is 3. The number of nitrogens with zero attached hydrogens (tertiary/aromatic N) is 6. The maximum Gasteiger partial charge on any atom is 0.238 e. The molecule has 0 N–H and O–H groups in total. The van der Waals surface area contributed by atoms with Gasteiger partial charge in [-0.15, -0.1) is 0 Å². The Morgan fingerprint density at radius 3 is 1.68 bits per heavy atom. The molecular weight excluding hydrogens is 833 g/mol. The highest BCUT2D eigenvalue weighted by Gasteiger charge is 2.36. The Morgan fingerprint density at radius 2 is 0.971 bits per heavy atom. The summed E-state index contributed by atoms with van der Waals surface area (Å²) in [6, 6.07) is 72.6. The molecular formula is C61H40N6O. The predicted molar refractivity (Wildman–Crippen MR) is 275 cm³/mol. The van der Waals surface area contributed by atoms with E-state index in [1.807, 2.05) is 78.9 Å². The van der Waals surface area contributed by atoms with Crippen LogP contribution < -0.4 is 0 Å². The molecule has 0 atom stereocenters. The van der Waals surface area contributed by atoms with Crippen LogP contribution >= 0.6 is 0 Å². The third-order valence-electron chi connectivity index (χ3n) is 14.0. The van der Waals surface area contributed by atoms with E-state index in [1.165, 1.54) is 38.8 Å². The minimum Gasteiger partial charge on any atom is -0.435 e. The Balaban J connectivity index is 1.03. The van der Waals surface area contributed by atoms with Crippen molar-refractivity contribution >= 4 is 54.7 Å². The van der Waals surface area contributed by atoms with Crippen LogP contribution in [0.15, 0.2) is 211 Å². The zero-order valence-electron chi connectivity index (χ0n) is 37.2. The van der Waals surface area contributed by atoms with Crippen LogP contribution in [0.25, 0.3) is 123 Å². The molecule has 0 fully saturated rings. The standard InChI is InChI=1S/C61H40N6O/c1-61(2)49-35-40(37-17-6-3-7-18-37)29-31-42(49)43-32-30-41(36-50(43)61)66-52-27-14-12-23-44(52)46-33-34-47-45-24-13-15-28-53(45)67(55(47)54(46)66)60-64-57(38-19-8-4-9-20-38)63-58(65-60)48-25-16-26-51-56(48)68-59(62-51)39-21-10-5-11-22-39/h3-36H,1-2H3. The molecule has 1 aliphatic carbocycles. The second-order valence-corrected chi connectivity index (χ2v) is 18.2. The molecule has 1 aliphatic rings. The van der Waals surface area contributed by atoms with Crippen LogP contribution in [0, 0.1) is 0 Å². The number of hydrogen-bond acceptors (Lipinski definition) is 5. The molecule has 0 saturated carbocycles.